The molecule has 0 aromatic heterocycles. The molecule has 0 aliphatic rings. The van der Waals surface area contributed by atoms with E-state index in [1.165, 1.54) is 12.1 Å². The molecule has 0 aliphatic heterocycles. The fraction of sp³-hybridized carbons (Fsp3) is 0.0625. The van der Waals surface area contributed by atoms with Crippen molar-refractivity contribution in [2.24, 2.45) is 0 Å². The zero-order valence-corrected chi connectivity index (χ0v) is 12.4. The topological polar surface area (TPSA) is 79.2 Å². The Kier molecular flexibility index (Phi) is 5.28. The molecule has 0 aliphatic carbocycles. The van der Waals surface area contributed by atoms with E-state index in [1.54, 1.807) is 18.2 Å². The van der Waals surface area contributed by atoms with E-state index >= 15 is 0 Å². The van der Waals surface area contributed by atoms with E-state index in [4.69, 9.17) is 21.6 Å². The van der Waals surface area contributed by atoms with Gasteiger partial charge in [-0.05, 0) is 36.4 Å². The van der Waals surface area contributed by atoms with E-state index < -0.39 is 24.3 Å². The van der Waals surface area contributed by atoms with Gasteiger partial charge in [-0.2, -0.15) is 5.26 Å². The monoisotopic (exact) mass is 332 g/mol. The fourth-order valence-corrected chi connectivity index (χ4v) is 1.90. The van der Waals surface area contributed by atoms with Crippen LogP contribution in [0.5, 0.6) is 0 Å². The number of rotatable bonds is 4. The molecule has 7 heteroatoms. The standard InChI is InChI=1S/C16H10ClFN2O3/c17-11-4-5-14(18)13(7-11)16(22)23-9-15(21)20-12-3-1-2-10(6-12)8-19/h1-7H,9H2,(H,20,21). The predicted octanol–water partition coefficient (Wildman–Crippen LogP) is 3.15. The molecule has 2 aromatic rings. The first-order chi connectivity index (χ1) is 11.0. The molecule has 0 saturated carbocycles. The van der Waals surface area contributed by atoms with Gasteiger partial charge in [0.05, 0.1) is 17.2 Å². The average molecular weight is 333 g/mol. The van der Waals surface area contributed by atoms with Crippen molar-refractivity contribution in [2.45, 2.75) is 0 Å². The maximum atomic E-state index is 13.5. The van der Waals surface area contributed by atoms with Crippen molar-refractivity contribution in [1.29, 1.82) is 5.26 Å². The molecule has 0 heterocycles. The number of carbonyl (C=O) groups excluding carboxylic acids is 2. The summed E-state index contributed by atoms with van der Waals surface area (Å²) in [5.74, 6) is -2.40. The van der Waals surface area contributed by atoms with Gasteiger partial charge in [0.25, 0.3) is 5.91 Å². The zero-order chi connectivity index (χ0) is 16.8. The van der Waals surface area contributed by atoms with Gasteiger partial charge in [0, 0.05) is 10.7 Å². The molecule has 0 spiro atoms. The Morgan fingerprint density at radius 1 is 1.26 bits per heavy atom. The third-order valence-electron chi connectivity index (χ3n) is 2.76. The maximum Gasteiger partial charge on any atom is 0.341 e. The Morgan fingerprint density at radius 2 is 2.04 bits per heavy atom. The summed E-state index contributed by atoms with van der Waals surface area (Å²) in [5, 5.41) is 11.4. The second-order valence-corrected chi connectivity index (χ2v) is 4.88. The van der Waals surface area contributed by atoms with Crippen molar-refractivity contribution in [3.63, 3.8) is 0 Å². The van der Waals surface area contributed by atoms with E-state index in [0.29, 0.717) is 11.3 Å². The van der Waals surface area contributed by atoms with Gasteiger partial charge < -0.3 is 10.1 Å². The van der Waals surface area contributed by atoms with Crippen LogP contribution < -0.4 is 5.32 Å². The number of hydrogen-bond acceptors (Lipinski definition) is 4. The van der Waals surface area contributed by atoms with Gasteiger partial charge >= 0.3 is 5.97 Å². The lowest BCUT2D eigenvalue weighted by Gasteiger charge is -2.07. The molecule has 5 nitrogen and oxygen atoms in total. The summed E-state index contributed by atoms with van der Waals surface area (Å²) in [4.78, 5) is 23.4. The predicted molar refractivity (Wildman–Crippen MR) is 81.5 cm³/mol. The van der Waals surface area contributed by atoms with Gasteiger partial charge in [-0.25, -0.2) is 9.18 Å². The van der Waals surface area contributed by atoms with E-state index in [0.717, 1.165) is 12.1 Å². The molecule has 2 aromatic carbocycles. The second kappa shape index (κ2) is 7.38. The van der Waals surface area contributed by atoms with Crippen molar-refractivity contribution in [3.05, 3.63) is 64.4 Å². The van der Waals surface area contributed by atoms with E-state index in [-0.39, 0.29) is 10.6 Å². The largest absolute Gasteiger partial charge is 0.452 e. The van der Waals surface area contributed by atoms with Crippen LogP contribution in [0.3, 0.4) is 0 Å². The van der Waals surface area contributed by atoms with Gasteiger partial charge in [0.2, 0.25) is 0 Å². The summed E-state index contributed by atoms with van der Waals surface area (Å²) in [6.07, 6.45) is 0. The highest BCUT2D eigenvalue weighted by molar-refractivity contribution is 6.30. The smallest absolute Gasteiger partial charge is 0.341 e. The van der Waals surface area contributed by atoms with Crippen molar-refractivity contribution in [1.82, 2.24) is 0 Å². The van der Waals surface area contributed by atoms with Crippen molar-refractivity contribution in [2.75, 3.05) is 11.9 Å². The SMILES string of the molecule is N#Cc1cccc(NC(=O)COC(=O)c2cc(Cl)ccc2F)c1. The minimum absolute atomic E-state index is 0.177. The number of amides is 1. The highest BCUT2D eigenvalue weighted by Crippen LogP contribution is 2.16. The van der Waals surface area contributed by atoms with Crippen molar-refractivity contribution < 1.29 is 18.7 Å². The number of ether oxygens (including phenoxy) is 1. The first-order valence-electron chi connectivity index (χ1n) is 6.42. The van der Waals surface area contributed by atoms with Crippen LogP contribution in [-0.4, -0.2) is 18.5 Å². The number of nitriles is 1. The number of carbonyl (C=O) groups is 2. The number of benzene rings is 2. The molecule has 1 N–H and O–H groups in total. The lowest BCUT2D eigenvalue weighted by atomic mass is 10.2. The van der Waals surface area contributed by atoms with Crippen LogP contribution >= 0.6 is 11.6 Å². The molecule has 1 amide bonds. The third kappa shape index (κ3) is 4.53. The molecule has 0 radical (unpaired) electrons. The lowest BCUT2D eigenvalue weighted by Crippen LogP contribution is -2.21. The van der Waals surface area contributed by atoms with E-state index in [2.05, 4.69) is 5.32 Å². The Morgan fingerprint density at radius 3 is 2.78 bits per heavy atom. The summed E-state index contributed by atoms with van der Waals surface area (Å²) in [6.45, 7) is -0.596. The molecule has 116 valence electrons. The summed E-state index contributed by atoms with van der Waals surface area (Å²) >= 11 is 5.68. The number of anilines is 1. The molecule has 2 rings (SSSR count). The van der Waals surface area contributed by atoms with Crippen LogP contribution in [0.4, 0.5) is 10.1 Å². The summed E-state index contributed by atoms with van der Waals surface area (Å²) in [7, 11) is 0. The molecule has 0 atom stereocenters. The summed E-state index contributed by atoms with van der Waals surface area (Å²) in [5.41, 5.74) is 0.414. The first-order valence-corrected chi connectivity index (χ1v) is 6.79. The molecule has 0 unspecified atom stereocenters. The molecule has 0 saturated heterocycles. The lowest BCUT2D eigenvalue weighted by molar-refractivity contribution is -0.119. The van der Waals surface area contributed by atoms with Gasteiger partial charge in [-0.3, -0.25) is 4.79 Å². The second-order valence-electron chi connectivity index (χ2n) is 4.44. The van der Waals surface area contributed by atoms with E-state index in [1.807, 2.05) is 6.07 Å². The van der Waals surface area contributed by atoms with Gasteiger partial charge in [0.15, 0.2) is 6.61 Å². The molecule has 0 bridgehead atoms. The van der Waals surface area contributed by atoms with Crippen LogP contribution in [-0.2, 0) is 9.53 Å². The first kappa shape index (κ1) is 16.5. The van der Waals surface area contributed by atoms with Crippen LogP contribution in [0, 0.1) is 17.1 Å². The van der Waals surface area contributed by atoms with Gasteiger partial charge in [-0.1, -0.05) is 17.7 Å². The Labute approximate surface area is 136 Å². The van der Waals surface area contributed by atoms with Gasteiger partial charge in [0.1, 0.15) is 5.82 Å². The molecular weight excluding hydrogens is 323 g/mol. The average Bonchev–Trinajstić information content (AvgIpc) is 2.55. The highest BCUT2D eigenvalue weighted by atomic mass is 35.5. The quantitative estimate of drug-likeness (QED) is 0.872. The van der Waals surface area contributed by atoms with E-state index in [9.17, 15) is 14.0 Å². The Bertz CT molecular complexity index is 802. The number of hydrogen-bond donors (Lipinski definition) is 1. The van der Waals surface area contributed by atoms with Crippen molar-refractivity contribution in [3.8, 4) is 6.07 Å². The van der Waals surface area contributed by atoms with Crippen LogP contribution in [0.15, 0.2) is 42.5 Å². The Balaban J connectivity index is 1.95. The highest BCUT2D eigenvalue weighted by Gasteiger charge is 2.15. The summed E-state index contributed by atoms with van der Waals surface area (Å²) in [6, 6.07) is 11.6. The third-order valence-corrected chi connectivity index (χ3v) is 2.99. The molecule has 0 fully saturated rings. The molecule has 23 heavy (non-hydrogen) atoms. The van der Waals surface area contributed by atoms with Gasteiger partial charge in [-0.15, -0.1) is 0 Å². The normalized spacial score (nSPS) is 9.78. The number of nitrogens with zero attached hydrogens (tertiary/aromatic N) is 1. The van der Waals surface area contributed by atoms with Crippen LogP contribution in [0.2, 0.25) is 5.02 Å². The fourth-order valence-electron chi connectivity index (χ4n) is 1.73. The minimum atomic E-state index is -0.995. The summed E-state index contributed by atoms with van der Waals surface area (Å²) < 4.78 is 18.2. The number of esters is 1. The number of nitrogens with one attached hydrogen (secondary N) is 1. The zero-order valence-electron chi connectivity index (χ0n) is 11.7. The van der Waals surface area contributed by atoms with Crippen LogP contribution in [0.25, 0.3) is 0 Å². The maximum absolute atomic E-state index is 13.5. The number of halogens is 2. The van der Waals surface area contributed by atoms with Crippen molar-refractivity contribution >= 4 is 29.2 Å². The molecular formula is C16H10ClFN2O3. The minimum Gasteiger partial charge on any atom is -0.452 e. The Hall–Kier alpha value is -2.91. The van der Waals surface area contributed by atoms with Crippen LogP contribution in [0.1, 0.15) is 15.9 Å².